The molecule has 0 atom stereocenters. The first kappa shape index (κ1) is 15.8. The second-order valence-corrected chi connectivity index (χ2v) is 4.77. The first-order chi connectivity index (χ1) is 10.4. The molecule has 0 fully saturated rings. The van der Waals surface area contributed by atoms with Gasteiger partial charge in [-0.15, -0.1) is 0 Å². The molecule has 2 aromatic heterocycles. The van der Waals surface area contributed by atoms with E-state index in [1.54, 1.807) is 38.5 Å². The van der Waals surface area contributed by atoms with Crippen molar-refractivity contribution in [1.82, 2.24) is 9.55 Å². The highest BCUT2D eigenvalue weighted by molar-refractivity contribution is 6.13. The zero-order valence-electron chi connectivity index (χ0n) is 13.1. The molecule has 0 bridgehead atoms. The minimum Gasteiger partial charge on any atom is -0.462 e. The highest BCUT2D eigenvalue weighted by Crippen LogP contribution is 2.31. The minimum atomic E-state index is -0.548. The molecule has 0 aromatic carbocycles. The molecule has 2 aromatic rings. The van der Waals surface area contributed by atoms with Crippen LogP contribution < -0.4 is 5.73 Å². The summed E-state index contributed by atoms with van der Waals surface area (Å²) in [4.78, 5) is 28.6. The van der Waals surface area contributed by atoms with E-state index in [0.717, 1.165) is 0 Å². The van der Waals surface area contributed by atoms with Crippen LogP contribution in [0.1, 0.15) is 40.4 Å². The first-order valence-electron chi connectivity index (χ1n) is 7.02. The number of carbonyl (C=O) groups excluding carboxylic acids is 2. The van der Waals surface area contributed by atoms with Gasteiger partial charge in [0.2, 0.25) is 0 Å². The maximum absolute atomic E-state index is 12.1. The molecule has 0 aliphatic carbocycles. The maximum Gasteiger partial charge on any atom is 0.357 e. The van der Waals surface area contributed by atoms with Crippen molar-refractivity contribution in [2.24, 2.45) is 7.05 Å². The average molecular weight is 305 g/mol. The molecule has 0 unspecified atom stereocenters. The van der Waals surface area contributed by atoms with Crippen molar-refractivity contribution in [3.8, 4) is 0 Å². The van der Waals surface area contributed by atoms with Crippen molar-refractivity contribution in [3.63, 3.8) is 0 Å². The van der Waals surface area contributed by atoms with Crippen molar-refractivity contribution in [2.45, 2.75) is 20.8 Å². The quantitative estimate of drug-likeness (QED) is 0.865. The van der Waals surface area contributed by atoms with Crippen LogP contribution in [0.25, 0.3) is 11.0 Å². The molecule has 0 amide bonds. The van der Waals surface area contributed by atoms with Crippen LogP contribution in [-0.4, -0.2) is 34.7 Å². The van der Waals surface area contributed by atoms with Gasteiger partial charge in [0.25, 0.3) is 0 Å². The van der Waals surface area contributed by atoms with Crippen LogP contribution in [0.2, 0.25) is 0 Å². The lowest BCUT2D eigenvalue weighted by Gasteiger charge is -2.05. The fourth-order valence-electron chi connectivity index (χ4n) is 2.39. The molecule has 0 saturated heterocycles. The largest absolute Gasteiger partial charge is 0.462 e. The molecule has 118 valence electrons. The lowest BCUT2D eigenvalue weighted by Crippen LogP contribution is -2.12. The van der Waals surface area contributed by atoms with Crippen molar-refractivity contribution in [1.29, 1.82) is 0 Å². The van der Waals surface area contributed by atoms with E-state index in [1.807, 2.05) is 0 Å². The normalized spacial score (nSPS) is 10.7. The van der Waals surface area contributed by atoms with Gasteiger partial charge in [-0.25, -0.2) is 14.6 Å². The molecule has 2 N–H and O–H groups in total. The van der Waals surface area contributed by atoms with E-state index in [2.05, 4.69) is 4.98 Å². The van der Waals surface area contributed by atoms with Gasteiger partial charge in [-0.3, -0.25) is 0 Å². The predicted molar refractivity (Wildman–Crippen MR) is 81.8 cm³/mol. The van der Waals surface area contributed by atoms with Crippen LogP contribution in [-0.2, 0) is 16.5 Å². The second kappa shape index (κ2) is 6.05. The van der Waals surface area contributed by atoms with Crippen molar-refractivity contribution in [3.05, 3.63) is 23.0 Å². The minimum absolute atomic E-state index is 0.173. The molecule has 0 saturated carbocycles. The molecule has 0 aliphatic rings. The number of fused-ring (bicyclic) bond motifs is 1. The Labute approximate surface area is 128 Å². The Hall–Kier alpha value is -2.57. The Balaban J connectivity index is 2.76. The summed E-state index contributed by atoms with van der Waals surface area (Å²) in [5, 5.41) is 0.412. The van der Waals surface area contributed by atoms with Crippen LogP contribution in [0.4, 0.5) is 5.69 Å². The van der Waals surface area contributed by atoms with E-state index in [4.69, 9.17) is 15.2 Å². The SMILES string of the molecule is CCOC(=O)c1cc(C)nc2c1c(N)c(C(=O)OCC)n2C. The number of nitrogens with two attached hydrogens (primary N) is 1. The second-order valence-electron chi connectivity index (χ2n) is 4.77. The Kier molecular flexibility index (Phi) is 4.35. The van der Waals surface area contributed by atoms with Gasteiger partial charge in [-0.05, 0) is 26.8 Å². The number of aromatic nitrogens is 2. The van der Waals surface area contributed by atoms with Gasteiger partial charge in [0.05, 0.1) is 29.9 Å². The number of ether oxygens (including phenoxy) is 2. The van der Waals surface area contributed by atoms with Gasteiger partial charge in [0, 0.05) is 12.7 Å². The molecule has 0 spiro atoms. The summed E-state index contributed by atoms with van der Waals surface area (Å²) in [5.74, 6) is -1.04. The van der Waals surface area contributed by atoms with E-state index >= 15 is 0 Å². The number of rotatable bonds is 4. The summed E-state index contributed by atoms with van der Waals surface area (Å²) in [6.45, 7) is 5.68. The van der Waals surface area contributed by atoms with E-state index in [9.17, 15) is 9.59 Å². The third-order valence-electron chi connectivity index (χ3n) is 3.27. The van der Waals surface area contributed by atoms with Gasteiger partial charge in [0.15, 0.2) is 5.69 Å². The summed E-state index contributed by atoms with van der Waals surface area (Å²) in [5.41, 5.74) is 7.82. The molecular weight excluding hydrogens is 286 g/mol. The number of nitrogens with zero attached hydrogens (tertiary/aromatic N) is 2. The summed E-state index contributed by atoms with van der Waals surface area (Å²) >= 11 is 0. The lowest BCUT2D eigenvalue weighted by atomic mass is 10.1. The average Bonchev–Trinajstić information content (AvgIpc) is 2.70. The molecule has 2 rings (SSSR count). The van der Waals surface area contributed by atoms with Crippen molar-refractivity contribution in [2.75, 3.05) is 18.9 Å². The number of hydrogen-bond acceptors (Lipinski definition) is 6. The van der Waals surface area contributed by atoms with E-state index in [-0.39, 0.29) is 24.6 Å². The van der Waals surface area contributed by atoms with Gasteiger partial charge < -0.3 is 19.8 Å². The van der Waals surface area contributed by atoms with Crippen molar-refractivity contribution < 1.29 is 19.1 Å². The highest BCUT2D eigenvalue weighted by atomic mass is 16.5. The Morgan fingerprint density at radius 1 is 1.23 bits per heavy atom. The van der Waals surface area contributed by atoms with Gasteiger partial charge in [-0.2, -0.15) is 0 Å². The first-order valence-corrected chi connectivity index (χ1v) is 7.02. The van der Waals surface area contributed by atoms with E-state index < -0.39 is 11.9 Å². The van der Waals surface area contributed by atoms with Crippen LogP contribution >= 0.6 is 0 Å². The number of aryl methyl sites for hydroxylation is 2. The van der Waals surface area contributed by atoms with Crippen LogP contribution in [0.5, 0.6) is 0 Å². The monoisotopic (exact) mass is 305 g/mol. The lowest BCUT2D eigenvalue weighted by molar-refractivity contribution is 0.0511. The van der Waals surface area contributed by atoms with Crippen LogP contribution in [0, 0.1) is 6.92 Å². The summed E-state index contributed by atoms with van der Waals surface area (Å²) in [6, 6.07) is 1.60. The molecule has 7 nitrogen and oxygen atoms in total. The third kappa shape index (κ3) is 2.49. The third-order valence-corrected chi connectivity index (χ3v) is 3.27. The summed E-state index contributed by atoms with van der Waals surface area (Å²) < 4.78 is 11.6. The number of nitrogen functional groups attached to an aromatic ring is 1. The molecule has 0 radical (unpaired) electrons. The Morgan fingerprint density at radius 3 is 2.41 bits per heavy atom. The number of hydrogen-bond donors (Lipinski definition) is 1. The van der Waals surface area contributed by atoms with Crippen LogP contribution in [0.3, 0.4) is 0 Å². The highest BCUT2D eigenvalue weighted by Gasteiger charge is 2.26. The molecule has 7 heteroatoms. The molecule has 0 aliphatic heterocycles. The Bertz CT molecular complexity index is 749. The maximum atomic E-state index is 12.1. The molecular formula is C15H19N3O4. The number of esters is 2. The zero-order valence-corrected chi connectivity index (χ0v) is 13.1. The van der Waals surface area contributed by atoms with E-state index in [1.165, 1.54) is 0 Å². The number of anilines is 1. The Morgan fingerprint density at radius 2 is 1.82 bits per heavy atom. The summed E-state index contributed by atoms with van der Waals surface area (Å²) in [6.07, 6.45) is 0. The zero-order chi connectivity index (χ0) is 16.4. The smallest absolute Gasteiger partial charge is 0.357 e. The van der Waals surface area contributed by atoms with Gasteiger partial charge in [0.1, 0.15) is 5.65 Å². The van der Waals surface area contributed by atoms with Crippen LogP contribution in [0.15, 0.2) is 6.07 Å². The van der Waals surface area contributed by atoms with Gasteiger partial charge in [-0.1, -0.05) is 0 Å². The number of carbonyl (C=O) groups is 2. The van der Waals surface area contributed by atoms with Crippen molar-refractivity contribution >= 4 is 28.7 Å². The topological polar surface area (TPSA) is 96.4 Å². The summed E-state index contributed by atoms with van der Waals surface area (Å²) in [7, 11) is 1.66. The molecule has 22 heavy (non-hydrogen) atoms. The van der Waals surface area contributed by atoms with Gasteiger partial charge >= 0.3 is 11.9 Å². The van der Waals surface area contributed by atoms with E-state index in [0.29, 0.717) is 22.3 Å². The number of pyridine rings is 1. The fraction of sp³-hybridized carbons (Fsp3) is 0.400. The fourth-order valence-corrected chi connectivity index (χ4v) is 2.39. The molecule has 2 heterocycles. The standard InChI is InChI=1S/C15H19N3O4/c1-5-21-14(19)9-7-8(3)17-13-10(9)11(16)12(18(13)4)15(20)22-6-2/h7H,5-6,16H2,1-4H3. The predicted octanol–water partition coefficient (Wildman–Crippen LogP) is 1.82.